The van der Waals surface area contributed by atoms with Gasteiger partial charge in [-0.05, 0) is 71.3 Å². The zero-order valence-electron chi connectivity index (χ0n) is 18.0. The quantitative estimate of drug-likeness (QED) is 0.317. The highest BCUT2D eigenvalue weighted by atomic mass is 35.5. The molecule has 0 radical (unpaired) electrons. The molecular formula is C27H21ClF2N2O2. The van der Waals surface area contributed by atoms with Crippen molar-refractivity contribution in [3.63, 3.8) is 0 Å². The van der Waals surface area contributed by atoms with Crippen LogP contribution in [0.25, 0.3) is 22.3 Å². The van der Waals surface area contributed by atoms with Crippen LogP contribution in [0.5, 0.6) is 5.75 Å². The number of ether oxygens (including phenoxy) is 1. The van der Waals surface area contributed by atoms with E-state index in [1.54, 1.807) is 54.6 Å². The molecule has 4 aromatic carbocycles. The average Bonchev–Trinajstić information content (AvgIpc) is 2.85. The second-order valence-electron chi connectivity index (χ2n) is 7.52. The zero-order chi connectivity index (χ0) is 24.1. The van der Waals surface area contributed by atoms with Gasteiger partial charge in [-0.2, -0.15) is 0 Å². The molecule has 0 atom stereocenters. The van der Waals surface area contributed by atoms with E-state index in [1.807, 2.05) is 6.07 Å². The first-order valence-electron chi connectivity index (χ1n) is 10.5. The maximum atomic E-state index is 13.9. The van der Waals surface area contributed by atoms with Crippen LogP contribution in [-0.4, -0.2) is 19.1 Å². The van der Waals surface area contributed by atoms with Crippen LogP contribution in [0.2, 0.25) is 5.02 Å². The summed E-state index contributed by atoms with van der Waals surface area (Å²) in [6.07, 6.45) is 0. The van der Waals surface area contributed by atoms with Crippen molar-refractivity contribution in [2.75, 3.05) is 18.5 Å². The van der Waals surface area contributed by atoms with Gasteiger partial charge in [-0.25, -0.2) is 8.78 Å². The molecule has 0 saturated carbocycles. The summed E-state index contributed by atoms with van der Waals surface area (Å²) in [5.74, 6) is -0.671. The first-order chi connectivity index (χ1) is 16.4. The molecule has 4 rings (SSSR count). The minimum Gasteiger partial charge on any atom is -0.492 e. The Balaban J connectivity index is 1.61. The highest BCUT2D eigenvalue weighted by Crippen LogP contribution is 2.32. The van der Waals surface area contributed by atoms with Crippen LogP contribution in [0.1, 0.15) is 10.4 Å². The number of carbonyl (C=O) groups excluding carboxylic acids is 1. The molecule has 0 fully saturated rings. The lowest BCUT2D eigenvalue weighted by atomic mass is 10.0. The SMILES string of the molecule is NCCOc1ccc(C(=O)Nc2cccc(-c3ccc(Cl)c(F)c3)c2)cc1-c1ccc(F)cc1. The van der Waals surface area contributed by atoms with E-state index in [2.05, 4.69) is 5.32 Å². The Bertz CT molecular complexity index is 1330. The number of rotatable bonds is 7. The number of nitrogens with two attached hydrogens (primary N) is 1. The molecule has 0 aliphatic rings. The largest absolute Gasteiger partial charge is 0.492 e. The summed E-state index contributed by atoms with van der Waals surface area (Å²) in [5, 5.41) is 2.91. The van der Waals surface area contributed by atoms with Crippen molar-refractivity contribution in [3.05, 3.63) is 107 Å². The topological polar surface area (TPSA) is 64.3 Å². The van der Waals surface area contributed by atoms with Crippen molar-refractivity contribution in [1.29, 1.82) is 0 Å². The van der Waals surface area contributed by atoms with Gasteiger partial charge in [-0.3, -0.25) is 4.79 Å². The number of nitrogens with one attached hydrogen (secondary N) is 1. The Morgan fingerprint density at radius 1 is 0.882 bits per heavy atom. The molecule has 1 amide bonds. The molecular weight excluding hydrogens is 458 g/mol. The third-order valence-corrected chi connectivity index (χ3v) is 5.45. The van der Waals surface area contributed by atoms with Gasteiger partial charge in [0.2, 0.25) is 0 Å². The van der Waals surface area contributed by atoms with E-state index in [-0.39, 0.29) is 16.7 Å². The first kappa shape index (κ1) is 23.4. The average molecular weight is 479 g/mol. The number of carbonyl (C=O) groups is 1. The molecule has 0 saturated heterocycles. The molecule has 7 heteroatoms. The maximum absolute atomic E-state index is 13.9. The molecule has 0 spiro atoms. The van der Waals surface area contributed by atoms with Crippen LogP contribution in [-0.2, 0) is 0 Å². The molecule has 172 valence electrons. The third-order valence-electron chi connectivity index (χ3n) is 5.15. The van der Waals surface area contributed by atoms with Crippen molar-refractivity contribution in [2.24, 2.45) is 5.73 Å². The fourth-order valence-electron chi connectivity index (χ4n) is 3.48. The summed E-state index contributed by atoms with van der Waals surface area (Å²) in [6.45, 7) is 0.636. The second kappa shape index (κ2) is 10.5. The molecule has 4 nitrogen and oxygen atoms in total. The first-order valence-corrected chi connectivity index (χ1v) is 10.9. The van der Waals surface area contributed by atoms with Crippen molar-refractivity contribution in [1.82, 2.24) is 0 Å². The molecule has 0 aliphatic heterocycles. The van der Waals surface area contributed by atoms with Crippen LogP contribution in [0, 0.1) is 11.6 Å². The lowest BCUT2D eigenvalue weighted by molar-refractivity contribution is 0.102. The fourth-order valence-corrected chi connectivity index (χ4v) is 3.59. The standard InChI is InChI=1S/C27H21ClF2N2O2/c28-24-10-6-19(16-25(24)30)18-2-1-3-22(14-18)32-27(33)20-7-11-26(34-13-12-31)23(15-20)17-4-8-21(29)9-5-17/h1-11,14-16H,12-13,31H2,(H,32,33). The zero-order valence-corrected chi connectivity index (χ0v) is 18.8. The number of hydrogen-bond donors (Lipinski definition) is 2. The molecule has 0 aliphatic carbocycles. The van der Waals surface area contributed by atoms with E-state index in [1.165, 1.54) is 24.3 Å². The summed E-state index contributed by atoms with van der Waals surface area (Å²) >= 11 is 5.77. The number of halogens is 3. The van der Waals surface area contributed by atoms with E-state index in [0.29, 0.717) is 46.8 Å². The van der Waals surface area contributed by atoms with Crippen LogP contribution in [0.4, 0.5) is 14.5 Å². The molecule has 3 N–H and O–H groups in total. The van der Waals surface area contributed by atoms with Crippen molar-refractivity contribution in [2.45, 2.75) is 0 Å². The van der Waals surface area contributed by atoms with Crippen LogP contribution >= 0.6 is 11.6 Å². The smallest absolute Gasteiger partial charge is 0.255 e. The predicted octanol–water partition coefficient (Wildman–Crippen LogP) is 6.54. The van der Waals surface area contributed by atoms with E-state index in [0.717, 1.165) is 5.56 Å². The minimum atomic E-state index is -0.515. The van der Waals surface area contributed by atoms with Gasteiger partial charge in [-0.15, -0.1) is 0 Å². The fraction of sp³-hybridized carbons (Fsp3) is 0.0741. The van der Waals surface area contributed by atoms with Crippen molar-refractivity contribution in [3.8, 4) is 28.0 Å². The molecule has 4 aromatic rings. The number of benzene rings is 4. The Morgan fingerprint density at radius 2 is 1.62 bits per heavy atom. The predicted molar refractivity (Wildman–Crippen MR) is 131 cm³/mol. The van der Waals surface area contributed by atoms with E-state index in [9.17, 15) is 13.6 Å². The summed E-state index contributed by atoms with van der Waals surface area (Å²) < 4.78 is 33.0. The van der Waals surface area contributed by atoms with E-state index >= 15 is 0 Å². The van der Waals surface area contributed by atoms with Gasteiger partial charge >= 0.3 is 0 Å². The molecule has 34 heavy (non-hydrogen) atoms. The van der Waals surface area contributed by atoms with E-state index < -0.39 is 5.82 Å². The van der Waals surface area contributed by atoms with Gasteiger partial charge in [0.25, 0.3) is 5.91 Å². The number of amides is 1. The summed E-state index contributed by atoms with van der Waals surface area (Å²) in [7, 11) is 0. The lowest BCUT2D eigenvalue weighted by Crippen LogP contribution is -2.13. The van der Waals surface area contributed by atoms with Gasteiger partial charge in [0.05, 0.1) is 5.02 Å². The van der Waals surface area contributed by atoms with Gasteiger partial charge in [0.1, 0.15) is 24.0 Å². The van der Waals surface area contributed by atoms with Gasteiger partial charge in [-0.1, -0.05) is 41.9 Å². The molecule has 0 bridgehead atoms. The number of hydrogen-bond acceptors (Lipinski definition) is 3. The highest BCUT2D eigenvalue weighted by molar-refractivity contribution is 6.30. The lowest BCUT2D eigenvalue weighted by Gasteiger charge is -2.14. The van der Waals surface area contributed by atoms with Crippen LogP contribution in [0.15, 0.2) is 84.9 Å². The van der Waals surface area contributed by atoms with Crippen molar-refractivity contribution < 1.29 is 18.3 Å². The Hall–Kier alpha value is -3.74. The van der Waals surface area contributed by atoms with E-state index in [4.69, 9.17) is 22.1 Å². The van der Waals surface area contributed by atoms with Gasteiger partial charge in [0, 0.05) is 23.4 Å². The summed E-state index contributed by atoms with van der Waals surface area (Å²) in [6, 6.07) is 22.6. The Labute approximate surface area is 200 Å². The van der Waals surface area contributed by atoms with Gasteiger partial charge in [0.15, 0.2) is 0 Å². The third kappa shape index (κ3) is 5.42. The van der Waals surface area contributed by atoms with Crippen LogP contribution < -0.4 is 15.8 Å². The molecule has 0 aromatic heterocycles. The highest BCUT2D eigenvalue weighted by Gasteiger charge is 2.14. The van der Waals surface area contributed by atoms with Gasteiger partial charge < -0.3 is 15.8 Å². The van der Waals surface area contributed by atoms with Crippen molar-refractivity contribution >= 4 is 23.2 Å². The normalized spacial score (nSPS) is 10.7. The monoisotopic (exact) mass is 478 g/mol. The molecule has 0 heterocycles. The van der Waals surface area contributed by atoms with Crippen LogP contribution in [0.3, 0.4) is 0 Å². The summed E-state index contributed by atoms with van der Waals surface area (Å²) in [4.78, 5) is 13.0. The second-order valence-corrected chi connectivity index (χ2v) is 7.93. The summed E-state index contributed by atoms with van der Waals surface area (Å²) in [5.41, 5.74) is 9.20. The number of anilines is 1. The maximum Gasteiger partial charge on any atom is 0.255 e. The Kier molecular flexibility index (Phi) is 7.21. The minimum absolute atomic E-state index is 0.0454. The molecule has 0 unspecified atom stereocenters. The Morgan fingerprint density at radius 3 is 2.35 bits per heavy atom.